The van der Waals surface area contributed by atoms with Gasteiger partial charge in [0.1, 0.15) is 0 Å². The van der Waals surface area contributed by atoms with E-state index in [4.69, 9.17) is 0 Å². The first kappa shape index (κ1) is 10.4. The highest BCUT2D eigenvalue weighted by molar-refractivity contribution is 4.89. The van der Waals surface area contributed by atoms with Crippen LogP contribution in [0.3, 0.4) is 0 Å². The van der Waals surface area contributed by atoms with Crippen LogP contribution in [0.2, 0.25) is 0 Å². The zero-order valence-corrected chi connectivity index (χ0v) is 7.88. The van der Waals surface area contributed by atoms with Crippen molar-refractivity contribution in [3.05, 3.63) is 24.8 Å². The first-order valence-corrected chi connectivity index (χ1v) is 4.16. The van der Waals surface area contributed by atoms with Crippen LogP contribution < -0.4 is 0 Å². The number of rotatable bonds is 5. The standard InChI is InChI=1S/C10H19N/c1-5-7-9-11(4)10(3)8-6-2/h5-6,8,10H,1,7,9H2,2-4H3. The van der Waals surface area contributed by atoms with Crippen LogP contribution in [0.25, 0.3) is 0 Å². The Morgan fingerprint density at radius 1 is 1.55 bits per heavy atom. The normalized spacial score (nSPS) is 14.2. The van der Waals surface area contributed by atoms with Gasteiger partial charge in [0.25, 0.3) is 0 Å². The molecule has 1 atom stereocenters. The van der Waals surface area contributed by atoms with E-state index in [0.717, 1.165) is 13.0 Å². The smallest absolute Gasteiger partial charge is 0.0246 e. The highest BCUT2D eigenvalue weighted by atomic mass is 15.1. The Hall–Kier alpha value is -0.560. The minimum atomic E-state index is 0.542. The second kappa shape index (κ2) is 6.17. The number of hydrogen-bond acceptors (Lipinski definition) is 1. The summed E-state index contributed by atoms with van der Waals surface area (Å²) in [5.41, 5.74) is 0. The maximum Gasteiger partial charge on any atom is 0.0246 e. The first-order valence-electron chi connectivity index (χ1n) is 4.16. The molecule has 0 heterocycles. The molecule has 0 aliphatic rings. The zero-order valence-electron chi connectivity index (χ0n) is 7.88. The number of likely N-dealkylation sites (N-methyl/N-ethyl adjacent to an activating group) is 1. The molecule has 1 unspecified atom stereocenters. The summed E-state index contributed by atoms with van der Waals surface area (Å²) in [5, 5.41) is 0. The van der Waals surface area contributed by atoms with Crippen molar-refractivity contribution in [2.45, 2.75) is 26.3 Å². The van der Waals surface area contributed by atoms with Crippen LogP contribution in [-0.4, -0.2) is 24.5 Å². The maximum atomic E-state index is 3.69. The molecule has 64 valence electrons. The Bertz CT molecular complexity index is 127. The van der Waals surface area contributed by atoms with Gasteiger partial charge in [-0.1, -0.05) is 18.2 Å². The van der Waals surface area contributed by atoms with Crippen molar-refractivity contribution in [3.63, 3.8) is 0 Å². The fourth-order valence-corrected chi connectivity index (χ4v) is 0.924. The van der Waals surface area contributed by atoms with Gasteiger partial charge in [-0.3, -0.25) is 4.90 Å². The minimum absolute atomic E-state index is 0.542. The molecule has 0 aromatic rings. The van der Waals surface area contributed by atoms with Gasteiger partial charge in [0.05, 0.1) is 0 Å². The molecule has 0 aliphatic heterocycles. The van der Waals surface area contributed by atoms with Gasteiger partial charge in [0, 0.05) is 12.6 Å². The molecule has 0 radical (unpaired) electrons. The molecular weight excluding hydrogens is 134 g/mol. The van der Waals surface area contributed by atoms with E-state index in [-0.39, 0.29) is 0 Å². The maximum absolute atomic E-state index is 3.69. The molecule has 0 N–H and O–H groups in total. The Morgan fingerprint density at radius 3 is 2.64 bits per heavy atom. The Labute approximate surface area is 70.4 Å². The van der Waals surface area contributed by atoms with Crippen LogP contribution in [0.4, 0.5) is 0 Å². The van der Waals surface area contributed by atoms with Crippen LogP contribution in [0.5, 0.6) is 0 Å². The summed E-state index contributed by atoms with van der Waals surface area (Å²) in [6, 6.07) is 0.542. The SMILES string of the molecule is C=CCCN(C)C(C)C=CC. The van der Waals surface area contributed by atoms with Crippen LogP contribution >= 0.6 is 0 Å². The Morgan fingerprint density at radius 2 is 2.18 bits per heavy atom. The molecule has 0 bridgehead atoms. The fraction of sp³-hybridized carbons (Fsp3) is 0.600. The third-order valence-electron chi connectivity index (χ3n) is 1.85. The summed E-state index contributed by atoms with van der Waals surface area (Å²) < 4.78 is 0. The minimum Gasteiger partial charge on any atom is -0.300 e. The van der Waals surface area contributed by atoms with E-state index in [1.165, 1.54) is 0 Å². The molecule has 0 aromatic carbocycles. The Balaban J connectivity index is 3.62. The number of nitrogens with zero attached hydrogens (tertiary/aromatic N) is 1. The van der Waals surface area contributed by atoms with Crippen LogP contribution in [0.1, 0.15) is 20.3 Å². The van der Waals surface area contributed by atoms with Gasteiger partial charge >= 0.3 is 0 Å². The highest BCUT2D eigenvalue weighted by Crippen LogP contribution is 1.98. The lowest BCUT2D eigenvalue weighted by molar-refractivity contribution is 0.303. The largest absolute Gasteiger partial charge is 0.300 e. The van der Waals surface area contributed by atoms with Crippen LogP contribution in [0.15, 0.2) is 24.8 Å². The lowest BCUT2D eigenvalue weighted by Gasteiger charge is -2.20. The predicted octanol–water partition coefficient (Wildman–Crippen LogP) is 2.46. The van der Waals surface area contributed by atoms with E-state index in [9.17, 15) is 0 Å². The van der Waals surface area contributed by atoms with Gasteiger partial charge in [-0.05, 0) is 27.3 Å². The third kappa shape index (κ3) is 4.79. The summed E-state index contributed by atoms with van der Waals surface area (Å²) in [5.74, 6) is 0. The van der Waals surface area contributed by atoms with Crippen molar-refractivity contribution in [1.29, 1.82) is 0 Å². The lowest BCUT2D eigenvalue weighted by Crippen LogP contribution is -2.27. The Kier molecular flexibility index (Phi) is 5.86. The molecule has 0 saturated heterocycles. The molecule has 0 aliphatic carbocycles. The van der Waals surface area contributed by atoms with E-state index >= 15 is 0 Å². The molecule has 0 amide bonds. The molecule has 0 aromatic heterocycles. The molecule has 0 rings (SSSR count). The molecule has 1 nitrogen and oxygen atoms in total. The molecule has 0 spiro atoms. The van der Waals surface area contributed by atoms with Crippen molar-refractivity contribution >= 4 is 0 Å². The average molecular weight is 153 g/mol. The molecule has 0 saturated carbocycles. The second-order valence-corrected chi connectivity index (χ2v) is 2.82. The lowest BCUT2D eigenvalue weighted by atomic mass is 10.2. The number of allylic oxidation sites excluding steroid dienone is 1. The van der Waals surface area contributed by atoms with Crippen molar-refractivity contribution in [2.75, 3.05) is 13.6 Å². The van der Waals surface area contributed by atoms with Gasteiger partial charge in [0.15, 0.2) is 0 Å². The molecular formula is C10H19N. The topological polar surface area (TPSA) is 3.24 Å². The van der Waals surface area contributed by atoms with E-state index in [1.54, 1.807) is 0 Å². The monoisotopic (exact) mass is 153 g/mol. The predicted molar refractivity (Wildman–Crippen MR) is 51.7 cm³/mol. The summed E-state index contributed by atoms with van der Waals surface area (Å²) in [4.78, 5) is 2.31. The fourth-order valence-electron chi connectivity index (χ4n) is 0.924. The van der Waals surface area contributed by atoms with Gasteiger partial charge in [0.2, 0.25) is 0 Å². The van der Waals surface area contributed by atoms with Crippen LogP contribution in [0, 0.1) is 0 Å². The average Bonchev–Trinajstić information content (AvgIpc) is 2.00. The van der Waals surface area contributed by atoms with E-state index in [0.29, 0.717) is 6.04 Å². The van der Waals surface area contributed by atoms with Crippen molar-refractivity contribution in [1.82, 2.24) is 4.90 Å². The summed E-state index contributed by atoms with van der Waals surface area (Å²) in [6.45, 7) is 9.04. The van der Waals surface area contributed by atoms with Gasteiger partial charge in [-0.15, -0.1) is 6.58 Å². The molecule has 1 heteroatoms. The third-order valence-corrected chi connectivity index (χ3v) is 1.85. The van der Waals surface area contributed by atoms with Crippen molar-refractivity contribution in [2.24, 2.45) is 0 Å². The number of hydrogen-bond donors (Lipinski definition) is 0. The molecule has 0 fully saturated rings. The van der Waals surface area contributed by atoms with Gasteiger partial charge in [-0.25, -0.2) is 0 Å². The second-order valence-electron chi connectivity index (χ2n) is 2.82. The van der Waals surface area contributed by atoms with Gasteiger partial charge in [-0.2, -0.15) is 0 Å². The van der Waals surface area contributed by atoms with Crippen molar-refractivity contribution in [3.8, 4) is 0 Å². The van der Waals surface area contributed by atoms with Gasteiger partial charge < -0.3 is 0 Å². The van der Waals surface area contributed by atoms with Crippen LogP contribution in [-0.2, 0) is 0 Å². The van der Waals surface area contributed by atoms with E-state index in [2.05, 4.69) is 44.5 Å². The summed E-state index contributed by atoms with van der Waals surface area (Å²) in [7, 11) is 2.13. The highest BCUT2D eigenvalue weighted by Gasteiger charge is 2.02. The quantitative estimate of drug-likeness (QED) is 0.548. The van der Waals surface area contributed by atoms with Crippen molar-refractivity contribution < 1.29 is 0 Å². The first-order chi connectivity index (χ1) is 5.22. The zero-order chi connectivity index (χ0) is 8.69. The van der Waals surface area contributed by atoms with E-state index in [1.807, 2.05) is 6.08 Å². The summed E-state index contributed by atoms with van der Waals surface area (Å²) >= 11 is 0. The summed E-state index contributed by atoms with van der Waals surface area (Å²) in [6.07, 6.45) is 7.31. The van der Waals surface area contributed by atoms with E-state index < -0.39 is 0 Å². The molecule has 11 heavy (non-hydrogen) atoms.